The summed E-state index contributed by atoms with van der Waals surface area (Å²) >= 11 is 5.87. The van der Waals surface area contributed by atoms with Gasteiger partial charge in [-0.3, -0.25) is 9.78 Å². The van der Waals surface area contributed by atoms with E-state index in [-0.39, 0.29) is 24.3 Å². The minimum absolute atomic E-state index is 0.0892. The molecule has 0 radical (unpaired) electrons. The second-order valence-electron chi connectivity index (χ2n) is 6.29. The lowest BCUT2D eigenvalue weighted by Gasteiger charge is -2.18. The third kappa shape index (κ3) is 4.46. The molecule has 1 N–H and O–H groups in total. The predicted octanol–water partition coefficient (Wildman–Crippen LogP) is 3.84. The fourth-order valence-electron chi connectivity index (χ4n) is 2.50. The summed E-state index contributed by atoms with van der Waals surface area (Å²) < 4.78 is 5.39. The van der Waals surface area contributed by atoms with Gasteiger partial charge in [0.15, 0.2) is 0 Å². The first-order chi connectivity index (χ1) is 12.5. The normalized spacial score (nSPS) is 12.2. The highest BCUT2D eigenvalue weighted by molar-refractivity contribution is 6.30. The third-order valence-corrected chi connectivity index (χ3v) is 4.14. The molecular formula is C19H19ClN4O2. The number of nitrogens with one attached hydrogen (secondary N) is 1. The summed E-state index contributed by atoms with van der Waals surface area (Å²) in [6.45, 7) is 3.97. The quantitative estimate of drug-likeness (QED) is 0.712. The van der Waals surface area contributed by atoms with Gasteiger partial charge in [0.05, 0.1) is 6.42 Å². The van der Waals surface area contributed by atoms with Crippen molar-refractivity contribution >= 4 is 17.5 Å². The predicted molar refractivity (Wildman–Crippen MR) is 98.4 cm³/mol. The molecule has 0 aliphatic carbocycles. The van der Waals surface area contributed by atoms with E-state index in [2.05, 4.69) is 20.4 Å². The molecule has 1 atom stereocenters. The molecule has 1 unspecified atom stereocenters. The van der Waals surface area contributed by atoms with Crippen molar-refractivity contribution in [3.05, 3.63) is 65.3 Å². The van der Waals surface area contributed by atoms with Gasteiger partial charge < -0.3 is 9.84 Å². The molecule has 134 valence electrons. The second-order valence-corrected chi connectivity index (χ2v) is 6.73. The number of benzene rings is 1. The zero-order valence-electron chi connectivity index (χ0n) is 14.5. The first kappa shape index (κ1) is 18.1. The third-order valence-electron chi connectivity index (χ3n) is 3.89. The average Bonchev–Trinajstić information content (AvgIpc) is 3.12. The summed E-state index contributed by atoms with van der Waals surface area (Å²) in [5, 5.41) is 7.62. The van der Waals surface area contributed by atoms with Crippen LogP contribution in [-0.2, 0) is 11.2 Å². The lowest BCUT2D eigenvalue weighted by atomic mass is 10.0. The maximum Gasteiger partial charge on any atom is 0.249 e. The van der Waals surface area contributed by atoms with E-state index in [1.165, 1.54) is 0 Å². The Labute approximate surface area is 156 Å². The Morgan fingerprint density at radius 1 is 1.23 bits per heavy atom. The molecule has 3 aromatic rings. The molecule has 0 aliphatic rings. The fraction of sp³-hybridized carbons (Fsp3) is 0.263. The summed E-state index contributed by atoms with van der Waals surface area (Å²) in [7, 11) is 0. The number of pyridine rings is 1. The number of rotatable bonds is 6. The van der Waals surface area contributed by atoms with Gasteiger partial charge in [-0.15, -0.1) is 0 Å². The van der Waals surface area contributed by atoms with Crippen LogP contribution in [-0.4, -0.2) is 21.0 Å². The number of carbonyl (C=O) groups excluding carboxylic acids is 1. The largest absolute Gasteiger partial charge is 0.344 e. The van der Waals surface area contributed by atoms with E-state index in [0.29, 0.717) is 16.7 Å². The summed E-state index contributed by atoms with van der Waals surface area (Å²) in [5.41, 5.74) is 1.65. The van der Waals surface area contributed by atoms with Crippen molar-refractivity contribution in [1.82, 2.24) is 20.4 Å². The Morgan fingerprint density at radius 2 is 2.00 bits per heavy atom. The molecule has 1 aromatic carbocycles. The fourth-order valence-corrected chi connectivity index (χ4v) is 2.63. The highest BCUT2D eigenvalue weighted by Gasteiger charge is 2.25. The minimum Gasteiger partial charge on any atom is -0.344 e. The first-order valence-electron chi connectivity index (χ1n) is 8.30. The second kappa shape index (κ2) is 8.10. The van der Waals surface area contributed by atoms with Crippen LogP contribution in [0.2, 0.25) is 5.02 Å². The van der Waals surface area contributed by atoms with Crippen molar-refractivity contribution in [3.8, 4) is 11.4 Å². The topological polar surface area (TPSA) is 80.9 Å². The number of hydrogen-bond acceptors (Lipinski definition) is 5. The van der Waals surface area contributed by atoms with Gasteiger partial charge in [0.2, 0.25) is 17.6 Å². The van der Waals surface area contributed by atoms with Gasteiger partial charge in [0, 0.05) is 23.0 Å². The molecule has 0 bridgehead atoms. The van der Waals surface area contributed by atoms with E-state index in [0.717, 1.165) is 11.1 Å². The van der Waals surface area contributed by atoms with Crippen LogP contribution in [0.1, 0.15) is 31.3 Å². The number of aromatic nitrogens is 3. The van der Waals surface area contributed by atoms with Crippen LogP contribution >= 0.6 is 11.6 Å². The highest BCUT2D eigenvalue weighted by Crippen LogP contribution is 2.23. The van der Waals surface area contributed by atoms with Crippen LogP contribution in [0.4, 0.5) is 0 Å². The van der Waals surface area contributed by atoms with Crippen molar-refractivity contribution in [1.29, 1.82) is 0 Å². The van der Waals surface area contributed by atoms with Crippen LogP contribution in [0.15, 0.2) is 53.3 Å². The van der Waals surface area contributed by atoms with Crippen molar-refractivity contribution in [2.75, 3.05) is 0 Å². The minimum atomic E-state index is -0.368. The standard InChI is InChI=1S/C19H19ClN4O2/c1-12(2)17(22-16(25)10-13-5-7-15(20)8-6-13)19-23-18(24-26-19)14-4-3-9-21-11-14/h3-9,11-12,17H,10H2,1-2H3,(H,22,25). The molecule has 3 rings (SSSR count). The van der Waals surface area contributed by atoms with Gasteiger partial charge in [-0.05, 0) is 35.7 Å². The van der Waals surface area contributed by atoms with E-state index in [1.54, 1.807) is 30.6 Å². The van der Waals surface area contributed by atoms with Crippen LogP contribution in [0, 0.1) is 5.92 Å². The smallest absolute Gasteiger partial charge is 0.249 e. The molecule has 2 aromatic heterocycles. The Balaban J connectivity index is 1.72. The van der Waals surface area contributed by atoms with E-state index in [9.17, 15) is 4.79 Å². The number of halogens is 1. The molecule has 0 spiro atoms. The van der Waals surface area contributed by atoms with Crippen LogP contribution in [0.5, 0.6) is 0 Å². The molecule has 26 heavy (non-hydrogen) atoms. The summed E-state index contributed by atoms with van der Waals surface area (Å²) in [4.78, 5) is 20.9. The Kier molecular flexibility index (Phi) is 5.63. The summed E-state index contributed by atoms with van der Waals surface area (Å²) in [6.07, 6.45) is 3.60. The molecule has 0 aliphatic heterocycles. The van der Waals surface area contributed by atoms with Crippen molar-refractivity contribution in [2.45, 2.75) is 26.3 Å². The molecule has 2 heterocycles. The van der Waals surface area contributed by atoms with E-state index in [1.807, 2.05) is 32.0 Å². The molecule has 0 saturated carbocycles. The molecule has 0 saturated heterocycles. The molecule has 6 nitrogen and oxygen atoms in total. The Hall–Kier alpha value is -2.73. The summed E-state index contributed by atoms with van der Waals surface area (Å²) in [6, 6.07) is 10.5. The van der Waals surface area contributed by atoms with Crippen molar-refractivity contribution in [2.24, 2.45) is 5.92 Å². The van der Waals surface area contributed by atoms with Crippen LogP contribution in [0.25, 0.3) is 11.4 Å². The van der Waals surface area contributed by atoms with E-state index >= 15 is 0 Å². The first-order valence-corrected chi connectivity index (χ1v) is 8.68. The van der Waals surface area contributed by atoms with E-state index in [4.69, 9.17) is 16.1 Å². The monoisotopic (exact) mass is 370 g/mol. The number of amides is 1. The summed E-state index contributed by atoms with van der Waals surface area (Å²) in [5.74, 6) is 0.799. The van der Waals surface area contributed by atoms with Crippen LogP contribution in [0.3, 0.4) is 0 Å². The maximum absolute atomic E-state index is 12.4. The average molecular weight is 371 g/mol. The van der Waals surface area contributed by atoms with Gasteiger partial charge >= 0.3 is 0 Å². The lowest BCUT2D eigenvalue weighted by Crippen LogP contribution is -2.33. The van der Waals surface area contributed by atoms with E-state index < -0.39 is 0 Å². The Morgan fingerprint density at radius 3 is 2.65 bits per heavy atom. The number of hydrogen-bond donors (Lipinski definition) is 1. The van der Waals surface area contributed by atoms with Gasteiger partial charge in [-0.1, -0.05) is 42.7 Å². The molecule has 0 fully saturated rings. The number of carbonyl (C=O) groups is 1. The van der Waals surface area contributed by atoms with Crippen molar-refractivity contribution < 1.29 is 9.32 Å². The zero-order chi connectivity index (χ0) is 18.5. The molecular weight excluding hydrogens is 352 g/mol. The highest BCUT2D eigenvalue weighted by atomic mass is 35.5. The van der Waals surface area contributed by atoms with Gasteiger partial charge in [-0.2, -0.15) is 4.98 Å². The van der Waals surface area contributed by atoms with Gasteiger partial charge in [0.25, 0.3) is 0 Å². The number of nitrogens with zero attached hydrogens (tertiary/aromatic N) is 3. The SMILES string of the molecule is CC(C)C(NC(=O)Cc1ccc(Cl)cc1)c1nc(-c2cccnc2)no1. The van der Waals surface area contributed by atoms with Crippen LogP contribution < -0.4 is 5.32 Å². The van der Waals surface area contributed by atoms with Crippen molar-refractivity contribution in [3.63, 3.8) is 0 Å². The lowest BCUT2D eigenvalue weighted by molar-refractivity contribution is -0.121. The van der Waals surface area contributed by atoms with Gasteiger partial charge in [0.1, 0.15) is 6.04 Å². The molecule has 1 amide bonds. The Bertz CT molecular complexity index is 863. The maximum atomic E-state index is 12.4. The van der Waals surface area contributed by atoms with Gasteiger partial charge in [-0.25, -0.2) is 0 Å². The zero-order valence-corrected chi connectivity index (χ0v) is 15.3. The molecule has 7 heteroatoms.